The van der Waals surface area contributed by atoms with Gasteiger partial charge in [0.15, 0.2) is 5.96 Å². The summed E-state index contributed by atoms with van der Waals surface area (Å²) in [5.74, 6) is 0.511. The molecule has 3 aromatic rings. The SMILES string of the molecule is CNC(N)=NC(=O)c1cc2ccc(Oc3ccc([N+](=O)[O-])cc3)cc2[nH]1. The Morgan fingerprint density at radius 3 is 2.54 bits per heavy atom. The number of nitro benzene ring substituents is 1. The average Bonchev–Trinajstić information content (AvgIpc) is 3.05. The Hall–Kier alpha value is -3.88. The Balaban J connectivity index is 1.83. The normalized spacial score (nSPS) is 11.3. The minimum absolute atomic E-state index is 0.0123. The molecule has 26 heavy (non-hydrogen) atoms. The van der Waals surface area contributed by atoms with Crippen molar-refractivity contribution in [2.45, 2.75) is 0 Å². The van der Waals surface area contributed by atoms with Crippen LogP contribution in [0, 0.1) is 10.1 Å². The molecule has 4 N–H and O–H groups in total. The number of non-ortho nitro benzene ring substituents is 1. The molecule has 3 rings (SSSR count). The number of hydrogen-bond acceptors (Lipinski definition) is 4. The van der Waals surface area contributed by atoms with Crippen molar-refractivity contribution in [1.82, 2.24) is 10.3 Å². The van der Waals surface area contributed by atoms with Crippen LogP contribution in [0.4, 0.5) is 5.69 Å². The molecule has 0 bridgehead atoms. The number of carbonyl (C=O) groups excluding carboxylic acids is 1. The molecule has 2 aromatic carbocycles. The predicted octanol–water partition coefficient (Wildman–Crippen LogP) is 2.54. The number of aliphatic imine (C=N–C) groups is 1. The number of H-pyrrole nitrogens is 1. The molecular formula is C17H15N5O4. The summed E-state index contributed by atoms with van der Waals surface area (Å²) < 4.78 is 5.69. The van der Waals surface area contributed by atoms with Gasteiger partial charge in [-0.05, 0) is 30.3 Å². The number of nitrogens with two attached hydrogens (primary N) is 1. The minimum atomic E-state index is -0.495. The number of fused-ring (bicyclic) bond motifs is 1. The number of amides is 1. The molecule has 1 amide bonds. The van der Waals surface area contributed by atoms with Crippen LogP contribution in [-0.2, 0) is 0 Å². The van der Waals surface area contributed by atoms with Gasteiger partial charge in [0.2, 0.25) is 0 Å². The molecule has 0 aliphatic rings. The number of hydrogen-bond donors (Lipinski definition) is 3. The van der Waals surface area contributed by atoms with Crippen molar-refractivity contribution in [1.29, 1.82) is 0 Å². The van der Waals surface area contributed by atoms with E-state index in [1.54, 1.807) is 31.3 Å². The van der Waals surface area contributed by atoms with Crippen LogP contribution in [0.25, 0.3) is 10.9 Å². The highest BCUT2D eigenvalue weighted by molar-refractivity contribution is 6.04. The first-order valence-electron chi connectivity index (χ1n) is 7.57. The van der Waals surface area contributed by atoms with E-state index in [9.17, 15) is 14.9 Å². The number of carbonyl (C=O) groups is 1. The number of nitro groups is 1. The van der Waals surface area contributed by atoms with Gasteiger partial charge in [0, 0.05) is 36.1 Å². The monoisotopic (exact) mass is 353 g/mol. The highest BCUT2D eigenvalue weighted by atomic mass is 16.6. The molecule has 0 saturated heterocycles. The van der Waals surface area contributed by atoms with E-state index in [1.165, 1.54) is 24.3 Å². The summed E-state index contributed by atoms with van der Waals surface area (Å²) in [4.78, 5) is 28.9. The van der Waals surface area contributed by atoms with E-state index in [0.29, 0.717) is 22.7 Å². The molecule has 0 radical (unpaired) electrons. The first kappa shape index (κ1) is 17.0. The van der Waals surface area contributed by atoms with E-state index >= 15 is 0 Å². The summed E-state index contributed by atoms with van der Waals surface area (Å²) in [6, 6.07) is 12.7. The second kappa shape index (κ2) is 6.93. The summed E-state index contributed by atoms with van der Waals surface area (Å²) in [5, 5.41) is 14.1. The Bertz CT molecular complexity index is 1010. The highest BCUT2D eigenvalue weighted by Gasteiger charge is 2.11. The van der Waals surface area contributed by atoms with Crippen LogP contribution in [0.5, 0.6) is 11.5 Å². The van der Waals surface area contributed by atoms with Crippen LogP contribution in [0.3, 0.4) is 0 Å². The number of nitrogens with one attached hydrogen (secondary N) is 2. The molecule has 0 spiro atoms. The fourth-order valence-corrected chi connectivity index (χ4v) is 2.28. The molecule has 0 aliphatic heterocycles. The molecule has 1 aromatic heterocycles. The lowest BCUT2D eigenvalue weighted by Crippen LogP contribution is -2.28. The van der Waals surface area contributed by atoms with Crippen molar-refractivity contribution >= 4 is 28.5 Å². The van der Waals surface area contributed by atoms with E-state index in [1.807, 2.05) is 0 Å². The maximum Gasteiger partial charge on any atom is 0.296 e. The third-order valence-corrected chi connectivity index (χ3v) is 3.59. The Labute approximate surface area is 147 Å². The zero-order valence-corrected chi connectivity index (χ0v) is 13.7. The van der Waals surface area contributed by atoms with Crippen LogP contribution in [0.15, 0.2) is 53.5 Å². The second-order valence-corrected chi connectivity index (χ2v) is 5.34. The molecule has 1 heterocycles. The molecule has 9 nitrogen and oxygen atoms in total. The van der Waals surface area contributed by atoms with Crippen molar-refractivity contribution in [2.24, 2.45) is 10.7 Å². The van der Waals surface area contributed by atoms with E-state index in [0.717, 1.165) is 5.39 Å². The van der Waals surface area contributed by atoms with Gasteiger partial charge in [0.05, 0.1) is 4.92 Å². The largest absolute Gasteiger partial charge is 0.457 e. The fraction of sp³-hybridized carbons (Fsp3) is 0.0588. The molecule has 0 atom stereocenters. The summed E-state index contributed by atoms with van der Waals surface area (Å²) >= 11 is 0. The van der Waals surface area contributed by atoms with Crippen molar-refractivity contribution in [2.75, 3.05) is 7.05 Å². The lowest BCUT2D eigenvalue weighted by atomic mass is 10.2. The Morgan fingerprint density at radius 1 is 1.19 bits per heavy atom. The van der Waals surface area contributed by atoms with Crippen molar-refractivity contribution in [3.8, 4) is 11.5 Å². The quantitative estimate of drug-likeness (QED) is 0.285. The maximum atomic E-state index is 12.0. The highest BCUT2D eigenvalue weighted by Crippen LogP contribution is 2.27. The minimum Gasteiger partial charge on any atom is -0.457 e. The number of aromatic nitrogens is 1. The number of aromatic amines is 1. The standard InChI is InChI=1S/C17H15N5O4/c1-19-17(18)21-16(23)15-8-10-2-5-13(9-14(10)20-15)26-12-6-3-11(4-7-12)22(24)25/h2-9,20H,1H3,(H3,18,19,21,23). The number of nitrogens with zero attached hydrogens (tertiary/aromatic N) is 2. The van der Waals surface area contributed by atoms with Crippen molar-refractivity contribution in [3.05, 3.63) is 64.3 Å². The topological polar surface area (TPSA) is 136 Å². The molecule has 9 heteroatoms. The molecule has 0 fully saturated rings. The summed E-state index contributed by atoms with van der Waals surface area (Å²) in [6.45, 7) is 0. The number of benzene rings is 2. The first-order chi connectivity index (χ1) is 12.5. The van der Waals surface area contributed by atoms with E-state index < -0.39 is 10.8 Å². The van der Waals surface area contributed by atoms with Gasteiger partial charge in [-0.2, -0.15) is 4.99 Å². The third-order valence-electron chi connectivity index (χ3n) is 3.59. The van der Waals surface area contributed by atoms with Gasteiger partial charge < -0.3 is 20.8 Å². The molecule has 0 unspecified atom stereocenters. The second-order valence-electron chi connectivity index (χ2n) is 5.34. The van der Waals surface area contributed by atoms with Crippen LogP contribution in [0.1, 0.15) is 10.5 Å². The summed E-state index contributed by atoms with van der Waals surface area (Å²) in [6.07, 6.45) is 0. The zero-order valence-electron chi connectivity index (χ0n) is 13.7. The fourth-order valence-electron chi connectivity index (χ4n) is 2.28. The predicted molar refractivity (Wildman–Crippen MR) is 96.5 cm³/mol. The van der Waals surface area contributed by atoms with Gasteiger partial charge in [-0.15, -0.1) is 0 Å². The van der Waals surface area contributed by atoms with Crippen LogP contribution >= 0.6 is 0 Å². The first-order valence-corrected chi connectivity index (χ1v) is 7.57. The lowest BCUT2D eigenvalue weighted by molar-refractivity contribution is -0.384. The van der Waals surface area contributed by atoms with E-state index in [-0.39, 0.29) is 11.6 Å². The van der Waals surface area contributed by atoms with Gasteiger partial charge in [0.1, 0.15) is 17.2 Å². The number of guanidine groups is 1. The lowest BCUT2D eigenvalue weighted by Gasteiger charge is -2.05. The Morgan fingerprint density at radius 2 is 1.88 bits per heavy atom. The molecule has 0 aliphatic carbocycles. The van der Waals surface area contributed by atoms with Crippen LogP contribution in [0.2, 0.25) is 0 Å². The third kappa shape index (κ3) is 3.61. The van der Waals surface area contributed by atoms with Gasteiger partial charge in [-0.1, -0.05) is 0 Å². The maximum absolute atomic E-state index is 12.0. The van der Waals surface area contributed by atoms with Crippen LogP contribution < -0.4 is 15.8 Å². The zero-order chi connectivity index (χ0) is 18.7. The average molecular weight is 353 g/mol. The van der Waals surface area contributed by atoms with Crippen molar-refractivity contribution in [3.63, 3.8) is 0 Å². The summed E-state index contributed by atoms with van der Waals surface area (Å²) in [7, 11) is 1.57. The van der Waals surface area contributed by atoms with E-state index in [4.69, 9.17) is 10.5 Å². The van der Waals surface area contributed by atoms with E-state index in [2.05, 4.69) is 15.3 Å². The van der Waals surface area contributed by atoms with Crippen LogP contribution in [-0.4, -0.2) is 28.8 Å². The Kier molecular flexibility index (Phi) is 4.52. The van der Waals surface area contributed by atoms with Gasteiger partial charge in [0.25, 0.3) is 11.6 Å². The van der Waals surface area contributed by atoms with Crippen molar-refractivity contribution < 1.29 is 14.5 Å². The smallest absolute Gasteiger partial charge is 0.296 e. The molecular weight excluding hydrogens is 338 g/mol. The molecule has 132 valence electrons. The summed E-state index contributed by atoms with van der Waals surface area (Å²) in [5.41, 5.74) is 6.46. The number of rotatable bonds is 4. The molecule has 0 saturated carbocycles. The van der Waals surface area contributed by atoms with Gasteiger partial charge >= 0.3 is 0 Å². The van der Waals surface area contributed by atoms with Gasteiger partial charge in [-0.3, -0.25) is 14.9 Å². The number of ether oxygens (including phenoxy) is 1. The van der Waals surface area contributed by atoms with Gasteiger partial charge in [-0.25, -0.2) is 0 Å².